The van der Waals surface area contributed by atoms with Gasteiger partial charge in [0.1, 0.15) is 0 Å². The molecule has 11 aromatic rings. The molecule has 0 aliphatic heterocycles. The topological polar surface area (TPSA) is 9.86 Å². The van der Waals surface area contributed by atoms with Crippen molar-refractivity contribution in [2.75, 3.05) is 0 Å². The third-order valence-electron chi connectivity index (χ3n) is 14.1. The van der Waals surface area contributed by atoms with Crippen LogP contribution >= 0.6 is 0 Å². The maximum atomic E-state index is 2.56. The molecular formula is C60H48N2Si. The van der Waals surface area contributed by atoms with Crippen LogP contribution in [-0.4, -0.2) is 17.2 Å². The monoisotopic (exact) mass is 824 g/mol. The van der Waals surface area contributed by atoms with E-state index in [2.05, 4.69) is 234 Å². The molecule has 3 heteroatoms. The van der Waals surface area contributed by atoms with Gasteiger partial charge in [0.15, 0.2) is 8.07 Å². The molecule has 0 N–H and O–H groups in total. The van der Waals surface area contributed by atoms with Crippen molar-refractivity contribution in [3.8, 4) is 22.5 Å². The van der Waals surface area contributed by atoms with Gasteiger partial charge >= 0.3 is 0 Å². The van der Waals surface area contributed by atoms with Crippen molar-refractivity contribution in [2.24, 2.45) is 0 Å². The summed E-state index contributed by atoms with van der Waals surface area (Å²) in [7, 11) is -2.83. The second-order valence-electron chi connectivity index (χ2n) is 17.4. The van der Waals surface area contributed by atoms with Crippen LogP contribution in [0.3, 0.4) is 0 Å². The summed E-state index contributed by atoms with van der Waals surface area (Å²) in [6.45, 7) is 0. The molecule has 63 heavy (non-hydrogen) atoms. The third-order valence-corrected chi connectivity index (χ3v) is 18.8. The molecule has 0 atom stereocenters. The molecule has 9 aromatic carbocycles. The normalized spacial score (nSPS) is 13.7. The molecule has 302 valence electrons. The van der Waals surface area contributed by atoms with Crippen molar-refractivity contribution < 1.29 is 0 Å². The van der Waals surface area contributed by atoms with Gasteiger partial charge in [-0.05, 0) is 92.6 Å². The Kier molecular flexibility index (Phi) is 9.30. The van der Waals surface area contributed by atoms with E-state index in [0.717, 1.165) is 5.69 Å². The van der Waals surface area contributed by atoms with Crippen LogP contribution < -0.4 is 20.7 Å². The highest BCUT2D eigenvalue weighted by Gasteiger charge is 2.41. The first-order chi connectivity index (χ1) is 31.3. The largest absolute Gasteiger partial charge is 0.307 e. The number of nitrogens with zero attached hydrogens (tertiary/aromatic N) is 2. The summed E-state index contributed by atoms with van der Waals surface area (Å²) < 4.78 is 5.09. The molecule has 1 fully saturated rings. The van der Waals surface area contributed by atoms with Crippen molar-refractivity contribution in [3.63, 3.8) is 0 Å². The van der Waals surface area contributed by atoms with Gasteiger partial charge in [0.2, 0.25) is 0 Å². The molecule has 0 unspecified atom stereocenters. The summed E-state index contributed by atoms with van der Waals surface area (Å²) in [5.74, 6) is 0.603. The number of benzene rings is 9. The van der Waals surface area contributed by atoms with Crippen molar-refractivity contribution in [2.45, 2.75) is 38.0 Å². The number of aromatic nitrogens is 2. The molecule has 2 aromatic heterocycles. The lowest BCUT2D eigenvalue weighted by atomic mass is 9.82. The third kappa shape index (κ3) is 6.06. The first kappa shape index (κ1) is 37.5. The fraction of sp³-hybridized carbons (Fsp3) is 0.100. The summed E-state index contributed by atoms with van der Waals surface area (Å²) in [5, 5.41) is 10.7. The maximum Gasteiger partial charge on any atom is 0.179 e. The van der Waals surface area contributed by atoms with Gasteiger partial charge in [-0.3, -0.25) is 0 Å². The highest BCUT2D eigenvalue weighted by atomic mass is 28.3. The van der Waals surface area contributed by atoms with E-state index in [-0.39, 0.29) is 0 Å². The van der Waals surface area contributed by atoms with Crippen molar-refractivity contribution in [3.05, 3.63) is 230 Å². The summed E-state index contributed by atoms with van der Waals surface area (Å²) in [4.78, 5) is 0. The van der Waals surface area contributed by atoms with E-state index in [9.17, 15) is 0 Å². The van der Waals surface area contributed by atoms with Gasteiger partial charge in [-0.25, -0.2) is 0 Å². The summed E-state index contributed by atoms with van der Waals surface area (Å²) >= 11 is 0. The van der Waals surface area contributed by atoms with E-state index in [1.165, 1.54) is 119 Å². The van der Waals surface area contributed by atoms with E-state index >= 15 is 0 Å². The van der Waals surface area contributed by atoms with Gasteiger partial charge in [-0.15, -0.1) is 0 Å². The quantitative estimate of drug-likeness (QED) is 0.107. The van der Waals surface area contributed by atoms with Gasteiger partial charge < -0.3 is 9.13 Å². The molecule has 0 saturated heterocycles. The van der Waals surface area contributed by atoms with Crippen LogP contribution in [-0.2, 0) is 0 Å². The molecule has 0 spiro atoms. The van der Waals surface area contributed by atoms with Crippen molar-refractivity contribution in [1.82, 2.24) is 9.13 Å². The van der Waals surface area contributed by atoms with Crippen molar-refractivity contribution >= 4 is 72.4 Å². The Balaban J connectivity index is 1.10. The summed E-state index contributed by atoms with van der Waals surface area (Å²) in [5.41, 5.74) is 11.3. The molecule has 2 nitrogen and oxygen atoms in total. The number of hydrogen-bond donors (Lipinski definition) is 0. The van der Waals surface area contributed by atoms with Gasteiger partial charge in [-0.2, -0.15) is 0 Å². The van der Waals surface area contributed by atoms with E-state index in [1.54, 1.807) is 0 Å². The average molecular weight is 825 g/mol. The Hall–Kier alpha value is -7.20. The van der Waals surface area contributed by atoms with Crippen LogP contribution in [0.15, 0.2) is 224 Å². The zero-order chi connectivity index (χ0) is 41.7. The fourth-order valence-electron chi connectivity index (χ4n) is 11.3. The highest BCUT2D eigenvalue weighted by molar-refractivity contribution is 7.19. The Labute approximate surface area is 370 Å². The zero-order valence-corrected chi connectivity index (χ0v) is 36.4. The number of fused-ring (bicyclic) bond motifs is 6. The van der Waals surface area contributed by atoms with E-state index in [4.69, 9.17) is 0 Å². The predicted molar refractivity (Wildman–Crippen MR) is 270 cm³/mol. The second kappa shape index (κ2) is 15.6. The van der Waals surface area contributed by atoms with E-state index < -0.39 is 8.07 Å². The van der Waals surface area contributed by atoms with Gasteiger partial charge in [0.05, 0.1) is 27.8 Å². The Morgan fingerprint density at radius 2 is 0.889 bits per heavy atom. The number of rotatable bonds is 8. The average Bonchev–Trinajstić information content (AvgIpc) is 3.89. The van der Waals surface area contributed by atoms with Gasteiger partial charge in [0, 0.05) is 27.2 Å². The minimum atomic E-state index is -2.83. The molecule has 1 saturated carbocycles. The Morgan fingerprint density at radius 1 is 0.365 bits per heavy atom. The molecule has 2 heterocycles. The van der Waals surface area contributed by atoms with Crippen LogP contribution in [0.25, 0.3) is 66.1 Å². The first-order valence-corrected chi connectivity index (χ1v) is 24.7. The van der Waals surface area contributed by atoms with Crippen LogP contribution in [0.2, 0.25) is 0 Å². The zero-order valence-electron chi connectivity index (χ0n) is 35.4. The summed E-state index contributed by atoms with van der Waals surface area (Å²) in [6, 6.07) is 84.4. The Bertz CT molecular complexity index is 3370. The highest BCUT2D eigenvalue weighted by Crippen LogP contribution is 2.43. The first-order valence-electron chi connectivity index (χ1n) is 22.7. The van der Waals surface area contributed by atoms with Crippen LogP contribution in [0, 0.1) is 0 Å². The molecular weight excluding hydrogens is 777 g/mol. The minimum absolute atomic E-state index is 0.603. The minimum Gasteiger partial charge on any atom is -0.307 e. The molecule has 1 aliphatic rings. The lowest BCUT2D eigenvalue weighted by molar-refractivity contribution is 0.445. The van der Waals surface area contributed by atoms with E-state index in [0.29, 0.717) is 5.92 Å². The lowest BCUT2D eigenvalue weighted by Crippen LogP contribution is -2.74. The molecule has 0 amide bonds. The maximum absolute atomic E-state index is 2.83. The molecule has 1 aliphatic carbocycles. The smallest absolute Gasteiger partial charge is 0.179 e. The Morgan fingerprint density at radius 3 is 1.60 bits per heavy atom. The standard InChI is InChI=1S/C60H48N2Si/c1-5-20-43(21-6-1)45-24-17-29-50(42-45)63(47-25-9-3-10-26-47,48-27-11-4-12-28-48)49-40-38-46(39-41-49)61-55-34-15-13-30-52(55)53-33-19-37-58(60(53)61)62-56-35-16-14-31-54(56)59-51(32-18-36-57(59)62)44-22-7-2-8-23-44/h1,3-6,9-21,24-42,44H,2,7-8,22-23H2. The molecule has 12 rings (SSSR count). The summed E-state index contributed by atoms with van der Waals surface area (Å²) in [6.07, 6.45) is 6.53. The predicted octanol–water partition coefficient (Wildman–Crippen LogP) is 13.0. The van der Waals surface area contributed by atoms with Crippen molar-refractivity contribution in [1.29, 1.82) is 0 Å². The van der Waals surface area contributed by atoms with Gasteiger partial charge in [0.25, 0.3) is 0 Å². The fourth-order valence-corrected chi connectivity index (χ4v) is 16.1. The molecule has 0 radical (unpaired) electrons. The number of hydrogen-bond acceptors (Lipinski definition) is 0. The van der Waals surface area contributed by atoms with E-state index in [1.807, 2.05) is 0 Å². The van der Waals surface area contributed by atoms with Crippen LogP contribution in [0.1, 0.15) is 43.6 Å². The van der Waals surface area contributed by atoms with Gasteiger partial charge in [-0.1, -0.05) is 207 Å². The van der Waals surface area contributed by atoms with Crippen LogP contribution in [0.4, 0.5) is 0 Å². The lowest BCUT2D eigenvalue weighted by Gasteiger charge is -2.35. The number of para-hydroxylation sites is 3. The molecule has 0 bridgehead atoms. The van der Waals surface area contributed by atoms with Crippen LogP contribution in [0.5, 0.6) is 0 Å². The SMILES string of the molecule is c1ccc(-c2cccc([Si](c3ccccc3)(c3ccccc3)c3ccc(-n4c5ccccc5c5cccc(-n6c7ccccc7c7c(C8CCCCC8)cccc76)c54)cc3)c2)cc1. The second-order valence-corrected chi connectivity index (χ2v) is 21.2.